The van der Waals surface area contributed by atoms with Crippen molar-refractivity contribution in [1.82, 2.24) is 5.32 Å². The summed E-state index contributed by atoms with van der Waals surface area (Å²) in [6.07, 6.45) is 4.50. The quantitative estimate of drug-likeness (QED) is 0.0434. The summed E-state index contributed by atoms with van der Waals surface area (Å²) in [6, 6.07) is 0. The van der Waals surface area contributed by atoms with Gasteiger partial charge in [-0.1, -0.05) is 75.7 Å². The fraction of sp³-hybridized carbons (Fsp3) is 0.892. The number of thiol groups is 2. The average molecular weight is 720 g/mol. The van der Waals surface area contributed by atoms with Gasteiger partial charge in [-0.3, -0.25) is 14.4 Å². The first-order valence-electron chi connectivity index (χ1n) is 17.5. The van der Waals surface area contributed by atoms with Crippen LogP contribution in [0.3, 0.4) is 0 Å². The van der Waals surface area contributed by atoms with Crippen LogP contribution >= 0.6 is 25.3 Å². The van der Waals surface area contributed by atoms with Gasteiger partial charge in [0.05, 0.1) is 31.5 Å². The van der Waals surface area contributed by atoms with E-state index in [2.05, 4.69) is 51.3 Å². The van der Waals surface area contributed by atoms with Crippen LogP contribution in [0, 0.1) is 32.5 Å². The Morgan fingerprint density at radius 3 is 1.81 bits per heavy atom. The fourth-order valence-electron chi connectivity index (χ4n) is 6.94. The van der Waals surface area contributed by atoms with Crippen molar-refractivity contribution >= 4 is 49.1 Å². The molecule has 0 aliphatic heterocycles. The Labute approximate surface area is 303 Å². The molecule has 0 aromatic carbocycles. The number of carbonyl (C=O) groups excluding carboxylic acids is 3. The summed E-state index contributed by atoms with van der Waals surface area (Å²) in [5, 5.41) is 12.4. The summed E-state index contributed by atoms with van der Waals surface area (Å²) in [7, 11) is 3.58. The Kier molecular flexibility index (Phi) is 17.6. The highest BCUT2D eigenvalue weighted by atomic mass is 32.1. The van der Waals surface area contributed by atoms with Gasteiger partial charge in [0.2, 0.25) is 5.91 Å². The van der Waals surface area contributed by atoms with Crippen molar-refractivity contribution in [1.29, 1.82) is 0 Å². The SMILES string of the molecule is CC(C)(C)CC(C)(C(=O)OCCNC(=O)CCCCC(S)CCS)C(C)(C)C(C)(C)C(C)(C(=O)OCC[N+](C)(C)CC(=O)O)C(C)(C)C. The summed E-state index contributed by atoms with van der Waals surface area (Å²) >= 11 is 8.79. The number of quaternary nitrogens is 1. The minimum absolute atomic E-state index is 0.0461. The number of hydrogen-bond acceptors (Lipinski definition) is 8. The van der Waals surface area contributed by atoms with Crippen molar-refractivity contribution < 1.29 is 38.2 Å². The largest absolute Gasteiger partial charge is 0.477 e. The Hall–Kier alpha value is -1.46. The summed E-state index contributed by atoms with van der Waals surface area (Å²) in [5.41, 5.74) is -4.53. The molecule has 0 saturated carbocycles. The standard InChI is InChI=1S/C37H70N2O7S2/c1-32(2,3)26-36(11,30(43)45-22-20-38-28(40)18-16-15-17-27(48)19-24-47)34(7,8)35(9,10)37(12,33(4,5)6)31(44)46-23-21-39(13,14)25-29(41)42/h27H,15-26H2,1-14H3,(H3-,38,40,41,42,47,48)/p+1. The number of unbranched alkanes of at least 4 members (excludes halogenated alkanes) is 1. The van der Waals surface area contributed by atoms with E-state index < -0.39 is 33.0 Å². The molecular weight excluding hydrogens is 649 g/mol. The third kappa shape index (κ3) is 12.7. The van der Waals surface area contributed by atoms with E-state index >= 15 is 0 Å². The van der Waals surface area contributed by atoms with Crippen LogP contribution in [0.2, 0.25) is 0 Å². The number of carboxylic acid groups (broad SMARTS) is 1. The third-order valence-electron chi connectivity index (χ3n) is 11.2. The Bertz CT molecular complexity index is 1080. The van der Waals surface area contributed by atoms with Gasteiger partial charge in [0.25, 0.3) is 0 Å². The predicted molar refractivity (Wildman–Crippen MR) is 201 cm³/mol. The zero-order valence-corrected chi connectivity index (χ0v) is 34.6. The van der Waals surface area contributed by atoms with Crippen LogP contribution in [-0.4, -0.2) is 91.4 Å². The van der Waals surface area contributed by atoms with Crippen molar-refractivity contribution in [3.05, 3.63) is 0 Å². The van der Waals surface area contributed by atoms with Crippen molar-refractivity contribution in [2.24, 2.45) is 32.5 Å². The van der Waals surface area contributed by atoms with Crippen LogP contribution in [0.25, 0.3) is 0 Å². The van der Waals surface area contributed by atoms with Crippen LogP contribution in [0.15, 0.2) is 0 Å². The summed E-state index contributed by atoms with van der Waals surface area (Å²) in [4.78, 5) is 52.2. The van der Waals surface area contributed by atoms with Crippen molar-refractivity contribution in [2.75, 3.05) is 52.7 Å². The normalized spacial score (nSPS) is 16.3. The molecule has 3 atom stereocenters. The maximum atomic E-state index is 14.2. The topological polar surface area (TPSA) is 119 Å². The second-order valence-electron chi connectivity index (χ2n) is 17.9. The lowest BCUT2D eigenvalue weighted by molar-refractivity contribution is -0.883. The van der Waals surface area contributed by atoms with Gasteiger partial charge >= 0.3 is 17.9 Å². The monoisotopic (exact) mass is 719 g/mol. The summed E-state index contributed by atoms with van der Waals surface area (Å²) in [5.74, 6) is -0.941. The molecule has 0 radical (unpaired) electrons. The van der Waals surface area contributed by atoms with E-state index in [0.29, 0.717) is 24.6 Å². The molecule has 0 aliphatic carbocycles. The maximum absolute atomic E-state index is 14.2. The van der Waals surface area contributed by atoms with E-state index in [4.69, 9.17) is 9.47 Å². The molecule has 0 rings (SSSR count). The Morgan fingerprint density at radius 1 is 0.792 bits per heavy atom. The molecule has 1 amide bonds. The molecule has 0 bridgehead atoms. The van der Waals surface area contributed by atoms with E-state index in [1.807, 2.05) is 62.3 Å². The molecule has 48 heavy (non-hydrogen) atoms. The van der Waals surface area contributed by atoms with E-state index in [9.17, 15) is 24.3 Å². The molecule has 3 unspecified atom stereocenters. The number of ether oxygens (including phenoxy) is 2. The molecule has 0 aliphatic rings. The molecule has 0 heterocycles. The van der Waals surface area contributed by atoms with Crippen LogP contribution in [0.5, 0.6) is 0 Å². The molecule has 0 saturated heterocycles. The molecule has 2 N–H and O–H groups in total. The minimum atomic E-state index is -1.07. The number of likely N-dealkylation sites (N-methyl/N-ethyl adjacent to an activating group) is 1. The van der Waals surface area contributed by atoms with Gasteiger partial charge in [0.15, 0.2) is 6.54 Å². The average Bonchev–Trinajstić information content (AvgIpc) is 2.90. The molecule has 0 aromatic rings. The number of nitrogens with zero attached hydrogens (tertiary/aromatic N) is 1. The number of hydrogen-bond donors (Lipinski definition) is 4. The smallest absolute Gasteiger partial charge is 0.359 e. The number of carbonyl (C=O) groups is 4. The van der Waals surface area contributed by atoms with Gasteiger partial charge in [-0.2, -0.15) is 25.3 Å². The minimum Gasteiger partial charge on any atom is -0.477 e. The molecule has 11 heteroatoms. The third-order valence-corrected chi connectivity index (χ3v) is 12.0. The van der Waals surface area contributed by atoms with Crippen molar-refractivity contribution in [2.45, 2.75) is 127 Å². The van der Waals surface area contributed by atoms with Gasteiger partial charge in [-0.25, -0.2) is 4.79 Å². The zero-order valence-electron chi connectivity index (χ0n) is 32.8. The molecule has 0 spiro atoms. The van der Waals surface area contributed by atoms with Gasteiger partial charge < -0.3 is 24.4 Å². The highest BCUT2D eigenvalue weighted by Crippen LogP contribution is 2.66. The van der Waals surface area contributed by atoms with E-state index in [1.54, 1.807) is 14.1 Å². The number of nitrogens with one attached hydrogen (secondary N) is 1. The number of carboxylic acids is 1. The lowest BCUT2D eigenvalue weighted by Gasteiger charge is -2.62. The Balaban J connectivity index is 6.06. The van der Waals surface area contributed by atoms with Gasteiger partial charge in [-0.05, 0) is 66.9 Å². The van der Waals surface area contributed by atoms with Crippen molar-refractivity contribution in [3.8, 4) is 0 Å². The number of aliphatic carboxylic acids is 1. The van der Waals surface area contributed by atoms with Crippen LogP contribution in [-0.2, 0) is 28.7 Å². The second kappa shape index (κ2) is 18.2. The molecule has 9 nitrogen and oxygen atoms in total. The number of esters is 2. The predicted octanol–water partition coefficient (Wildman–Crippen LogP) is 7.08. The molecule has 0 fully saturated rings. The van der Waals surface area contributed by atoms with Gasteiger partial charge in [0, 0.05) is 11.7 Å². The lowest BCUT2D eigenvalue weighted by Crippen LogP contribution is -2.63. The van der Waals surface area contributed by atoms with Crippen LogP contribution in [0.4, 0.5) is 0 Å². The van der Waals surface area contributed by atoms with Crippen LogP contribution < -0.4 is 5.32 Å². The highest BCUT2D eigenvalue weighted by Gasteiger charge is 2.67. The van der Waals surface area contributed by atoms with E-state index in [0.717, 1.165) is 31.4 Å². The maximum Gasteiger partial charge on any atom is 0.359 e. The summed E-state index contributed by atoms with van der Waals surface area (Å²) < 4.78 is 12.1. The number of amides is 1. The van der Waals surface area contributed by atoms with E-state index in [-0.39, 0.29) is 54.0 Å². The zero-order chi connectivity index (χ0) is 38.0. The van der Waals surface area contributed by atoms with Crippen LogP contribution in [0.1, 0.15) is 122 Å². The lowest BCUT2D eigenvalue weighted by atomic mass is 9.41. The Morgan fingerprint density at radius 2 is 1.33 bits per heavy atom. The molecule has 0 aromatic heterocycles. The number of rotatable bonds is 21. The second-order valence-corrected chi connectivity index (χ2v) is 19.1. The first kappa shape index (κ1) is 46.5. The molecular formula is C37H71N2O7S2+. The first-order chi connectivity index (χ1) is 21.5. The highest BCUT2D eigenvalue weighted by molar-refractivity contribution is 7.81. The van der Waals surface area contributed by atoms with E-state index in [1.165, 1.54) is 0 Å². The molecule has 282 valence electrons. The fourth-order valence-corrected chi connectivity index (χ4v) is 7.77. The van der Waals surface area contributed by atoms with Gasteiger partial charge in [-0.15, -0.1) is 0 Å². The summed E-state index contributed by atoms with van der Waals surface area (Å²) in [6.45, 7) is 24.9. The first-order valence-corrected chi connectivity index (χ1v) is 18.6. The van der Waals surface area contributed by atoms with Crippen molar-refractivity contribution in [3.63, 3.8) is 0 Å². The van der Waals surface area contributed by atoms with Gasteiger partial charge in [0.1, 0.15) is 19.8 Å².